The van der Waals surface area contributed by atoms with Crippen LogP contribution in [0.25, 0.3) is 0 Å². The summed E-state index contributed by atoms with van der Waals surface area (Å²) in [6.07, 6.45) is 2.04. The molecule has 0 aliphatic carbocycles. The van der Waals surface area contributed by atoms with Gasteiger partial charge in [-0.25, -0.2) is 13.4 Å². The molecule has 1 rings (SSSR count). The molecule has 0 fully saturated rings. The van der Waals surface area contributed by atoms with Gasteiger partial charge in [0.25, 0.3) is 0 Å². The first-order chi connectivity index (χ1) is 8.19. The molecular formula is C8H11ClN4O4S. The van der Waals surface area contributed by atoms with Gasteiger partial charge >= 0.3 is 5.69 Å². The molecule has 0 radical (unpaired) electrons. The topological polar surface area (TPSA) is 115 Å². The Bertz CT molecular complexity index is 562. The molecule has 0 saturated carbocycles. The van der Waals surface area contributed by atoms with Crippen molar-refractivity contribution in [3.8, 4) is 0 Å². The zero-order valence-electron chi connectivity index (χ0n) is 9.62. The summed E-state index contributed by atoms with van der Waals surface area (Å²) < 4.78 is 22.2. The fourth-order valence-electron chi connectivity index (χ4n) is 1.32. The molecule has 1 atom stereocenters. The van der Waals surface area contributed by atoms with Gasteiger partial charge in [-0.05, 0) is 18.5 Å². The Hall–Kier alpha value is -1.48. The van der Waals surface area contributed by atoms with Gasteiger partial charge < -0.3 is 5.32 Å². The highest BCUT2D eigenvalue weighted by atomic mass is 35.5. The van der Waals surface area contributed by atoms with E-state index in [4.69, 9.17) is 11.6 Å². The Morgan fingerprint density at radius 1 is 1.61 bits per heavy atom. The number of hydrogen-bond donors (Lipinski definition) is 1. The third-order valence-corrected chi connectivity index (χ3v) is 3.16. The number of nitrogens with zero attached hydrogens (tertiary/aromatic N) is 3. The van der Waals surface area contributed by atoms with Gasteiger partial charge in [0.1, 0.15) is 16.0 Å². The second-order valence-electron chi connectivity index (χ2n) is 3.77. The van der Waals surface area contributed by atoms with Crippen LogP contribution < -0.4 is 5.32 Å². The van der Waals surface area contributed by atoms with Crippen molar-refractivity contribution >= 4 is 32.9 Å². The standard InChI is InChI=1S/C8H11ClN4O4S/c1-5(4-18(2,16)17)11-7-6(13(14)15)3-10-8(9)12-7/h3,5H,4H2,1-2H3,(H,10,11,12). The zero-order chi connectivity index (χ0) is 13.9. The van der Waals surface area contributed by atoms with E-state index in [0.29, 0.717) is 0 Å². The number of halogens is 1. The summed E-state index contributed by atoms with van der Waals surface area (Å²) in [6.45, 7) is 1.57. The van der Waals surface area contributed by atoms with Crippen molar-refractivity contribution in [2.45, 2.75) is 13.0 Å². The van der Waals surface area contributed by atoms with E-state index in [0.717, 1.165) is 12.5 Å². The lowest BCUT2D eigenvalue weighted by Crippen LogP contribution is -2.26. The van der Waals surface area contributed by atoms with Crippen molar-refractivity contribution in [3.05, 3.63) is 21.6 Å². The van der Waals surface area contributed by atoms with Gasteiger partial charge in [-0.3, -0.25) is 10.1 Å². The number of aromatic nitrogens is 2. The van der Waals surface area contributed by atoms with Crippen LogP contribution in [0.4, 0.5) is 11.5 Å². The van der Waals surface area contributed by atoms with Crippen molar-refractivity contribution < 1.29 is 13.3 Å². The van der Waals surface area contributed by atoms with E-state index in [1.54, 1.807) is 6.92 Å². The summed E-state index contributed by atoms with van der Waals surface area (Å²) in [5.41, 5.74) is -0.361. The molecule has 18 heavy (non-hydrogen) atoms. The molecule has 0 aliphatic rings. The van der Waals surface area contributed by atoms with Crippen molar-refractivity contribution in [3.63, 3.8) is 0 Å². The minimum Gasteiger partial charge on any atom is -0.361 e. The van der Waals surface area contributed by atoms with Gasteiger partial charge in [-0.1, -0.05) is 0 Å². The normalized spacial score (nSPS) is 13.1. The smallest absolute Gasteiger partial charge is 0.329 e. The summed E-state index contributed by atoms with van der Waals surface area (Å²) in [5.74, 6) is -0.276. The predicted octanol–water partition coefficient (Wildman–Crippen LogP) is 0.883. The van der Waals surface area contributed by atoms with Gasteiger partial charge in [-0.15, -0.1) is 0 Å². The molecule has 1 unspecified atom stereocenters. The van der Waals surface area contributed by atoms with Gasteiger partial charge in [-0.2, -0.15) is 4.98 Å². The first-order valence-corrected chi connectivity index (χ1v) is 7.24. The number of nitro groups is 1. The van der Waals surface area contributed by atoms with E-state index in [-0.39, 0.29) is 22.5 Å². The van der Waals surface area contributed by atoms with E-state index < -0.39 is 20.8 Å². The van der Waals surface area contributed by atoms with Crippen LogP contribution >= 0.6 is 11.6 Å². The van der Waals surface area contributed by atoms with Crippen LogP contribution in [-0.2, 0) is 9.84 Å². The van der Waals surface area contributed by atoms with Crippen molar-refractivity contribution in [2.75, 3.05) is 17.3 Å². The molecule has 0 amide bonds. The van der Waals surface area contributed by atoms with Crippen LogP contribution in [0.5, 0.6) is 0 Å². The molecule has 0 aromatic carbocycles. The fraction of sp³-hybridized carbons (Fsp3) is 0.500. The van der Waals surface area contributed by atoms with Crippen LogP contribution in [0, 0.1) is 10.1 Å². The number of sulfone groups is 1. The van der Waals surface area contributed by atoms with Crippen LogP contribution in [0.2, 0.25) is 5.28 Å². The lowest BCUT2D eigenvalue weighted by Gasteiger charge is -2.13. The van der Waals surface area contributed by atoms with Crippen LogP contribution in [-0.4, -0.2) is 41.4 Å². The van der Waals surface area contributed by atoms with Crippen molar-refractivity contribution in [1.29, 1.82) is 0 Å². The summed E-state index contributed by atoms with van der Waals surface area (Å²) in [6, 6.07) is -0.537. The Morgan fingerprint density at radius 2 is 2.22 bits per heavy atom. The molecule has 1 heterocycles. The third kappa shape index (κ3) is 4.41. The average molecular weight is 295 g/mol. The Morgan fingerprint density at radius 3 is 2.72 bits per heavy atom. The number of rotatable bonds is 5. The Labute approximate surface area is 108 Å². The summed E-state index contributed by atoms with van der Waals surface area (Å²) >= 11 is 5.53. The van der Waals surface area contributed by atoms with Gasteiger partial charge in [0, 0.05) is 12.3 Å². The first kappa shape index (κ1) is 14.6. The summed E-state index contributed by atoms with van der Waals surface area (Å²) in [7, 11) is -3.20. The van der Waals surface area contributed by atoms with Crippen LogP contribution in [0.3, 0.4) is 0 Å². The maximum atomic E-state index is 11.1. The maximum Gasteiger partial charge on any atom is 0.329 e. The average Bonchev–Trinajstić information content (AvgIpc) is 2.13. The number of anilines is 1. The largest absolute Gasteiger partial charge is 0.361 e. The van der Waals surface area contributed by atoms with Gasteiger partial charge in [0.2, 0.25) is 11.1 Å². The third-order valence-electron chi connectivity index (χ3n) is 1.87. The van der Waals surface area contributed by atoms with E-state index in [9.17, 15) is 18.5 Å². The lowest BCUT2D eigenvalue weighted by molar-refractivity contribution is -0.384. The highest BCUT2D eigenvalue weighted by Crippen LogP contribution is 2.22. The molecule has 0 aliphatic heterocycles. The van der Waals surface area contributed by atoms with Gasteiger partial charge in [0.15, 0.2) is 0 Å². The molecule has 0 spiro atoms. The highest BCUT2D eigenvalue weighted by Gasteiger charge is 2.20. The monoisotopic (exact) mass is 294 g/mol. The molecule has 1 aromatic rings. The molecule has 0 saturated heterocycles. The van der Waals surface area contributed by atoms with E-state index in [1.807, 2.05) is 0 Å². The van der Waals surface area contributed by atoms with Crippen LogP contribution in [0.15, 0.2) is 6.20 Å². The molecule has 8 nitrogen and oxygen atoms in total. The summed E-state index contributed by atoms with van der Waals surface area (Å²) in [4.78, 5) is 17.2. The van der Waals surface area contributed by atoms with Crippen molar-refractivity contribution in [1.82, 2.24) is 9.97 Å². The minimum absolute atomic E-state index is 0.101. The molecule has 0 bridgehead atoms. The second-order valence-corrected chi connectivity index (χ2v) is 6.29. The molecular weight excluding hydrogens is 284 g/mol. The quantitative estimate of drug-likeness (QED) is 0.487. The second kappa shape index (κ2) is 5.44. The maximum absolute atomic E-state index is 11.1. The highest BCUT2D eigenvalue weighted by molar-refractivity contribution is 7.90. The van der Waals surface area contributed by atoms with E-state index in [2.05, 4.69) is 15.3 Å². The van der Waals surface area contributed by atoms with E-state index >= 15 is 0 Å². The predicted molar refractivity (Wildman–Crippen MR) is 66.5 cm³/mol. The SMILES string of the molecule is CC(CS(C)(=O)=O)Nc1nc(Cl)ncc1[N+](=O)[O-]. The van der Waals surface area contributed by atoms with Crippen molar-refractivity contribution in [2.24, 2.45) is 0 Å². The number of hydrogen-bond acceptors (Lipinski definition) is 7. The Balaban J connectivity index is 2.96. The molecule has 1 N–H and O–H groups in total. The van der Waals surface area contributed by atoms with Gasteiger partial charge in [0.05, 0.1) is 10.7 Å². The molecule has 100 valence electrons. The molecule has 1 aromatic heterocycles. The summed E-state index contributed by atoms with van der Waals surface area (Å²) in [5, 5.41) is 13.2. The first-order valence-electron chi connectivity index (χ1n) is 4.80. The Kier molecular flexibility index (Phi) is 4.41. The minimum atomic E-state index is -3.20. The van der Waals surface area contributed by atoms with Crippen LogP contribution in [0.1, 0.15) is 6.92 Å². The fourth-order valence-corrected chi connectivity index (χ4v) is 2.45. The number of nitrogens with one attached hydrogen (secondary N) is 1. The zero-order valence-corrected chi connectivity index (χ0v) is 11.2. The van der Waals surface area contributed by atoms with E-state index in [1.165, 1.54) is 0 Å². The lowest BCUT2D eigenvalue weighted by atomic mass is 10.3. The molecule has 10 heteroatoms.